The second-order valence-electron chi connectivity index (χ2n) is 3.63. The van der Waals surface area contributed by atoms with Crippen molar-refractivity contribution in [3.63, 3.8) is 0 Å². The summed E-state index contributed by atoms with van der Waals surface area (Å²) in [6.07, 6.45) is 0. The van der Waals surface area contributed by atoms with Crippen LogP contribution in [0, 0.1) is 0 Å². The molecular formula is C7H18ClNSi. The first-order chi connectivity index (χ1) is 4.36. The molecule has 0 aromatic carbocycles. The van der Waals surface area contributed by atoms with Crippen LogP contribution >= 0.6 is 11.6 Å². The third kappa shape index (κ3) is 3.59. The van der Waals surface area contributed by atoms with E-state index in [4.69, 9.17) is 11.6 Å². The number of nitrogens with zero attached hydrogens (tertiary/aromatic N) is 1. The van der Waals surface area contributed by atoms with E-state index in [9.17, 15) is 0 Å². The van der Waals surface area contributed by atoms with Gasteiger partial charge in [-0.2, -0.15) is 0 Å². The molecule has 0 rings (SSSR count). The Kier molecular flexibility index (Phi) is 3.92. The summed E-state index contributed by atoms with van der Waals surface area (Å²) in [6, 6.07) is 0. The van der Waals surface area contributed by atoms with Crippen LogP contribution in [0.2, 0.25) is 5.54 Å². The molecule has 0 aliphatic carbocycles. The largest absolute Gasteiger partial charge is 0.295 e. The molecule has 0 N–H and O–H groups in total. The molecule has 0 aliphatic rings. The van der Waals surface area contributed by atoms with E-state index in [0.29, 0.717) is 0 Å². The molecule has 0 heterocycles. The van der Waals surface area contributed by atoms with Crippen LogP contribution in [0.1, 0.15) is 20.8 Å². The van der Waals surface area contributed by atoms with E-state index in [1.54, 1.807) is 0 Å². The standard InChI is InChI=1S/C7H18ClNSi/c1-6(2)10-7(3,8)9(4)5/h6H,10H2,1-5H3. The van der Waals surface area contributed by atoms with Crippen LogP contribution < -0.4 is 0 Å². The molecule has 3 heteroatoms. The first-order valence-electron chi connectivity index (χ1n) is 3.72. The van der Waals surface area contributed by atoms with Crippen molar-refractivity contribution < 1.29 is 0 Å². The fourth-order valence-corrected chi connectivity index (χ4v) is 3.71. The van der Waals surface area contributed by atoms with Crippen LogP contribution in [0.3, 0.4) is 0 Å². The zero-order valence-corrected chi connectivity index (χ0v) is 9.78. The first-order valence-corrected chi connectivity index (χ1v) is 5.63. The average Bonchev–Trinajstić information content (AvgIpc) is 1.60. The summed E-state index contributed by atoms with van der Waals surface area (Å²) in [5.41, 5.74) is 0.796. The van der Waals surface area contributed by atoms with Crippen molar-refractivity contribution in [1.29, 1.82) is 0 Å². The maximum Gasteiger partial charge on any atom is 0.0754 e. The lowest BCUT2D eigenvalue weighted by Crippen LogP contribution is -2.42. The molecule has 0 aromatic heterocycles. The normalized spacial score (nSPS) is 19.2. The van der Waals surface area contributed by atoms with E-state index in [0.717, 1.165) is 5.54 Å². The van der Waals surface area contributed by atoms with E-state index in [2.05, 4.69) is 25.7 Å². The highest BCUT2D eigenvalue weighted by Crippen LogP contribution is 2.19. The highest BCUT2D eigenvalue weighted by atomic mass is 35.5. The van der Waals surface area contributed by atoms with Crippen molar-refractivity contribution in [3.8, 4) is 0 Å². The van der Waals surface area contributed by atoms with Crippen molar-refractivity contribution in [2.24, 2.45) is 0 Å². The molecule has 0 aromatic rings. The average molecular weight is 180 g/mol. The number of rotatable bonds is 3. The van der Waals surface area contributed by atoms with Gasteiger partial charge in [0.25, 0.3) is 0 Å². The lowest BCUT2D eigenvalue weighted by atomic mass is 10.6. The highest BCUT2D eigenvalue weighted by molar-refractivity contribution is 6.57. The van der Waals surface area contributed by atoms with E-state index < -0.39 is 0 Å². The van der Waals surface area contributed by atoms with Gasteiger partial charge in [-0.3, -0.25) is 4.90 Å². The van der Waals surface area contributed by atoms with Crippen LogP contribution in [0.25, 0.3) is 0 Å². The molecule has 62 valence electrons. The molecule has 1 atom stereocenters. The third-order valence-electron chi connectivity index (χ3n) is 1.71. The SMILES string of the molecule is CC(C)[SiH2]C(C)(Cl)N(C)C. The predicted octanol–water partition coefficient (Wildman–Crippen LogP) is 1.46. The topological polar surface area (TPSA) is 3.24 Å². The Hall–Kier alpha value is 0.467. The second-order valence-corrected chi connectivity index (χ2v) is 8.32. The summed E-state index contributed by atoms with van der Waals surface area (Å²) < 4.78 is -0.0336. The monoisotopic (exact) mass is 179 g/mol. The van der Waals surface area contributed by atoms with Crippen LogP contribution in [0.5, 0.6) is 0 Å². The Bertz CT molecular complexity index is 102. The minimum Gasteiger partial charge on any atom is -0.295 e. The van der Waals surface area contributed by atoms with Crippen LogP contribution in [-0.2, 0) is 0 Å². The molecule has 0 amide bonds. The van der Waals surface area contributed by atoms with Crippen molar-refractivity contribution >= 4 is 21.1 Å². The zero-order valence-electron chi connectivity index (χ0n) is 7.61. The molecule has 0 aliphatic heterocycles. The predicted molar refractivity (Wildman–Crippen MR) is 51.6 cm³/mol. The lowest BCUT2D eigenvalue weighted by Gasteiger charge is -2.31. The summed E-state index contributed by atoms with van der Waals surface area (Å²) >= 11 is 6.25. The number of hydrogen-bond acceptors (Lipinski definition) is 1. The number of halogens is 1. The Morgan fingerprint density at radius 1 is 1.40 bits per heavy atom. The van der Waals surface area contributed by atoms with Gasteiger partial charge in [0.15, 0.2) is 0 Å². The molecule has 10 heavy (non-hydrogen) atoms. The van der Waals surface area contributed by atoms with Gasteiger partial charge in [-0.15, -0.1) is 11.6 Å². The van der Waals surface area contributed by atoms with E-state index in [1.807, 2.05) is 14.1 Å². The molecule has 0 fully saturated rings. The maximum absolute atomic E-state index is 6.25. The van der Waals surface area contributed by atoms with Gasteiger partial charge in [0.1, 0.15) is 0 Å². The van der Waals surface area contributed by atoms with E-state index >= 15 is 0 Å². The summed E-state index contributed by atoms with van der Waals surface area (Å²) in [6.45, 7) is 6.60. The maximum atomic E-state index is 6.25. The molecule has 0 radical (unpaired) electrons. The second kappa shape index (κ2) is 3.74. The van der Waals surface area contributed by atoms with Gasteiger partial charge in [0, 0.05) is 0 Å². The molecule has 0 saturated heterocycles. The number of hydrogen-bond donors (Lipinski definition) is 0. The highest BCUT2D eigenvalue weighted by Gasteiger charge is 2.24. The molecular weight excluding hydrogens is 162 g/mol. The van der Waals surface area contributed by atoms with Gasteiger partial charge < -0.3 is 0 Å². The summed E-state index contributed by atoms with van der Waals surface area (Å²) in [7, 11) is 3.91. The Labute approximate surface area is 71.6 Å². The van der Waals surface area contributed by atoms with Gasteiger partial charge >= 0.3 is 0 Å². The van der Waals surface area contributed by atoms with Gasteiger partial charge in [-0.05, 0) is 21.0 Å². The smallest absolute Gasteiger partial charge is 0.0754 e. The first kappa shape index (κ1) is 10.5. The van der Waals surface area contributed by atoms with Crippen LogP contribution in [-0.4, -0.2) is 33.1 Å². The summed E-state index contributed by atoms with van der Waals surface area (Å²) in [5, 5.41) is 0. The van der Waals surface area contributed by atoms with Gasteiger partial charge in [-0.25, -0.2) is 0 Å². The van der Waals surface area contributed by atoms with E-state index in [-0.39, 0.29) is 14.1 Å². The quantitative estimate of drug-likeness (QED) is 0.360. The Morgan fingerprint density at radius 3 is 1.90 bits per heavy atom. The van der Waals surface area contributed by atoms with Gasteiger partial charge in [0.05, 0.1) is 14.1 Å². The lowest BCUT2D eigenvalue weighted by molar-refractivity contribution is 0.351. The summed E-state index contributed by atoms with van der Waals surface area (Å²) in [5.74, 6) is 0. The number of alkyl halides is 1. The van der Waals surface area contributed by atoms with Crippen molar-refractivity contribution in [2.45, 2.75) is 30.9 Å². The van der Waals surface area contributed by atoms with Crippen molar-refractivity contribution in [2.75, 3.05) is 14.1 Å². The molecule has 0 spiro atoms. The fourth-order valence-electron chi connectivity index (χ4n) is 0.928. The van der Waals surface area contributed by atoms with Crippen molar-refractivity contribution in [3.05, 3.63) is 0 Å². The van der Waals surface area contributed by atoms with Gasteiger partial charge in [0.2, 0.25) is 0 Å². The van der Waals surface area contributed by atoms with Crippen molar-refractivity contribution in [1.82, 2.24) is 4.90 Å². The molecule has 1 nitrogen and oxygen atoms in total. The fraction of sp³-hybridized carbons (Fsp3) is 1.00. The Balaban J connectivity index is 3.87. The minimum atomic E-state index is -0.182. The van der Waals surface area contributed by atoms with E-state index in [1.165, 1.54) is 0 Å². The van der Waals surface area contributed by atoms with Crippen LogP contribution in [0.15, 0.2) is 0 Å². The molecule has 1 unspecified atom stereocenters. The molecule has 0 saturated carbocycles. The summed E-state index contributed by atoms with van der Waals surface area (Å²) in [4.78, 5) is 2.11. The van der Waals surface area contributed by atoms with Gasteiger partial charge in [-0.1, -0.05) is 19.4 Å². The minimum absolute atomic E-state index is 0.0336. The third-order valence-corrected chi connectivity index (χ3v) is 4.71. The Morgan fingerprint density at radius 2 is 1.80 bits per heavy atom. The zero-order chi connectivity index (χ0) is 8.36. The molecule has 0 bridgehead atoms. The van der Waals surface area contributed by atoms with Crippen LogP contribution in [0.4, 0.5) is 0 Å².